The van der Waals surface area contributed by atoms with Gasteiger partial charge in [0.2, 0.25) is 0 Å². The molecule has 1 aromatic rings. The molecule has 0 heterocycles. The van der Waals surface area contributed by atoms with E-state index in [9.17, 15) is 4.39 Å². The largest absolute Gasteiger partial charge is 0.310 e. The number of rotatable bonds is 4. The summed E-state index contributed by atoms with van der Waals surface area (Å²) < 4.78 is 14.6. The Bertz CT molecular complexity index is 528. The van der Waals surface area contributed by atoms with E-state index in [0.29, 0.717) is 5.92 Å². The molecule has 2 bridgehead atoms. The zero-order valence-corrected chi connectivity index (χ0v) is 13.3. The molecule has 0 saturated heterocycles. The molecule has 2 heteroatoms. The predicted molar refractivity (Wildman–Crippen MR) is 83.6 cm³/mol. The molecule has 3 saturated carbocycles. The van der Waals surface area contributed by atoms with Gasteiger partial charge in [0.1, 0.15) is 5.82 Å². The second-order valence-electron chi connectivity index (χ2n) is 7.58. The number of nitrogens with one attached hydrogen (secondary N) is 1. The monoisotopic (exact) mass is 287 g/mol. The smallest absolute Gasteiger partial charge is 0.128 e. The van der Waals surface area contributed by atoms with Crippen LogP contribution in [0.15, 0.2) is 12.1 Å². The van der Waals surface area contributed by atoms with Crippen LogP contribution < -0.4 is 5.32 Å². The van der Waals surface area contributed by atoms with Crippen LogP contribution in [0.5, 0.6) is 0 Å². The molecule has 0 radical (unpaired) electrons. The first-order chi connectivity index (χ1) is 10.1. The molecule has 1 aromatic carbocycles. The molecule has 5 unspecified atom stereocenters. The average molecular weight is 287 g/mol. The van der Waals surface area contributed by atoms with Gasteiger partial charge in [-0.15, -0.1) is 0 Å². The van der Waals surface area contributed by atoms with E-state index >= 15 is 0 Å². The summed E-state index contributed by atoms with van der Waals surface area (Å²) in [6.07, 6.45) is 4.31. The Hall–Kier alpha value is -0.890. The highest BCUT2D eigenvalue weighted by Gasteiger charge is 2.66. The Morgan fingerprint density at radius 3 is 2.43 bits per heavy atom. The highest BCUT2D eigenvalue weighted by molar-refractivity contribution is 5.37. The van der Waals surface area contributed by atoms with Crippen LogP contribution in [-0.4, -0.2) is 6.54 Å². The van der Waals surface area contributed by atoms with Crippen molar-refractivity contribution in [1.29, 1.82) is 0 Å². The molecule has 0 amide bonds. The van der Waals surface area contributed by atoms with E-state index in [-0.39, 0.29) is 11.9 Å². The molecular weight excluding hydrogens is 261 g/mol. The minimum absolute atomic E-state index is 0.00392. The van der Waals surface area contributed by atoms with Gasteiger partial charge >= 0.3 is 0 Å². The van der Waals surface area contributed by atoms with Crippen molar-refractivity contribution in [3.8, 4) is 0 Å². The van der Waals surface area contributed by atoms with Crippen LogP contribution in [0, 0.1) is 49.3 Å². The van der Waals surface area contributed by atoms with Crippen LogP contribution in [0.1, 0.15) is 48.9 Å². The molecule has 5 atom stereocenters. The lowest BCUT2D eigenvalue weighted by Gasteiger charge is -2.24. The predicted octanol–water partition coefficient (Wildman–Crippen LogP) is 4.39. The second kappa shape index (κ2) is 4.81. The Balaban J connectivity index is 1.67. The van der Waals surface area contributed by atoms with Gasteiger partial charge in [0.25, 0.3) is 0 Å². The number of aryl methyl sites for hydroxylation is 2. The quantitative estimate of drug-likeness (QED) is 0.866. The lowest BCUT2D eigenvalue weighted by Crippen LogP contribution is -2.27. The number of fused-ring (bicyclic) bond motifs is 5. The highest BCUT2D eigenvalue weighted by atomic mass is 19.1. The lowest BCUT2D eigenvalue weighted by atomic mass is 9.89. The summed E-state index contributed by atoms with van der Waals surface area (Å²) in [5.74, 6) is 4.34. The fourth-order valence-electron chi connectivity index (χ4n) is 5.81. The standard InChI is InChI=1S/C19H26FN/c1-4-21-19(15-11(3)7-10(2)8-14(15)20)18-16-12-5-6-13(9-12)17(16)18/h7-8,12-13,16-19,21H,4-6,9H2,1-3H3. The van der Waals surface area contributed by atoms with Gasteiger partial charge in [0, 0.05) is 11.6 Å². The minimum Gasteiger partial charge on any atom is -0.310 e. The fourth-order valence-corrected chi connectivity index (χ4v) is 5.81. The topological polar surface area (TPSA) is 12.0 Å². The Morgan fingerprint density at radius 1 is 1.19 bits per heavy atom. The average Bonchev–Trinajstić information content (AvgIpc) is 2.83. The van der Waals surface area contributed by atoms with E-state index in [1.165, 1.54) is 19.3 Å². The summed E-state index contributed by atoms with van der Waals surface area (Å²) in [4.78, 5) is 0. The van der Waals surface area contributed by atoms with Crippen LogP contribution in [0.3, 0.4) is 0 Å². The second-order valence-corrected chi connectivity index (χ2v) is 7.58. The van der Waals surface area contributed by atoms with Crippen molar-refractivity contribution in [3.63, 3.8) is 0 Å². The number of halogens is 1. The van der Waals surface area contributed by atoms with Crippen molar-refractivity contribution in [3.05, 3.63) is 34.6 Å². The molecule has 1 nitrogen and oxygen atoms in total. The molecular formula is C19H26FN. The van der Waals surface area contributed by atoms with Crippen molar-refractivity contribution >= 4 is 0 Å². The molecule has 21 heavy (non-hydrogen) atoms. The summed E-state index contributed by atoms with van der Waals surface area (Å²) in [5, 5.41) is 3.62. The zero-order valence-electron chi connectivity index (χ0n) is 13.3. The van der Waals surface area contributed by atoms with E-state index in [0.717, 1.165) is 46.9 Å². The van der Waals surface area contributed by atoms with Crippen molar-refractivity contribution in [2.45, 2.75) is 46.1 Å². The maximum absolute atomic E-state index is 14.6. The van der Waals surface area contributed by atoms with E-state index < -0.39 is 0 Å². The Kier molecular flexibility index (Phi) is 3.15. The van der Waals surface area contributed by atoms with Crippen LogP contribution in [0.4, 0.5) is 4.39 Å². The van der Waals surface area contributed by atoms with Gasteiger partial charge in [0.05, 0.1) is 0 Å². The van der Waals surface area contributed by atoms with Crippen LogP contribution in [-0.2, 0) is 0 Å². The lowest BCUT2D eigenvalue weighted by molar-refractivity contribution is 0.365. The Labute approximate surface area is 127 Å². The molecule has 3 fully saturated rings. The van der Waals surface area contributed by atoms with Crippen molar-refractivity contribution in [2.24, 2.45) is 29.6 Å². The van der Waals surface area contributed by atoms with E-state index in [2.05, 4.69) is 25.2 Å². The highest BCUT2D eigenvalue weighted by Crippen LogP contribution is 2.72. The number of hydrogen-bond acceptors (Lipinski definition) is 1. The molecule has 0 aromatic heterocycles. The molecule has 4 rings (SSSR count). The maximum Gasteiger partial charge on any atom is 0.128 e. The first kappa shape index (κ1) is 13.8. The van der Waals surface area contributed by atoms with E-state index in [1.54, 1.807) is 6.07 Å². The molecule has 3 aliphatic carbocycles. The van der Waals surface area contributed by atoms with Gasteiger partial charge in [-0.1, -0.05) is 13.0 Å². The van der Waals surface area contributed by atoms with Crippen LogP contribution in [0.2, 0.25) is 0 Å². The van der Waals surface area contributed by atoms with E-state index in [1.807, 2.05) is 6.92 Å². The van der Waals surface area contributed by atoms with Crippen molar-refractivity contribution in [2.75, 3.05) is 6.54 Å². The maximum atomic E-state index is 14.6. The van der Waals surface area contributed by atoms with Gasteiger partial charge in [0.15, 0.2) is 0 Å². The molecule has 3 aliphatic rings. The third-order valence-electron chi connectivity index (χ3n) is 6.40. The normalized spacial score (nSPS) is 37.6. The fraction of sp³-hybridized carbons (Fsp3) is 0.684. The summed E-state index contributed by atoms with van der Waals surface area (Å²) >= 11 is 0. The summed E-state index contributed by atoms with van der Waals surface area (Å²) in [7, 11) is 0. The molecule has 0 aliphatic heterocycles. The third-order valence-corrected chi connectivity index (χ3v) is 6.40. The van der Waals surface area contributed by atoms with Crippen molar-refractivity contribution < 1.29 is 4.39 Å². The first-order valence-electron chi connectivity index (χ1n) is 8.61. The molecule has 114 valence electrons. The summed E-state index contributed by atoms with van der Waals surface area (Å²) in [6.45, 7) is 7.11. The molecule has 0 spiro atoms. The van der Waals surface area contributed by atoms with Gasteiger partial charge in [-0.2, -0.15) is 0 Å². The van der Waals surface area contributed by atoms with Crippen LogP contribution in [0.25, 0.3) is 0 Å². The van der Waals surface area contributed by atoms with Gasteiger partial charge < -0.3 is 5.32 Å². The molecule has 1 N–H and O–H groups in total. The van der Waals surface area contributed by atoms with Gasteiger partial charge in [-0.25, -0.2) is 4.39 Å². The summed E-state index contributed by atoms with van der Waals surface area (Å²) in [6, 6.07) is 4.07. The SMILES string of the molecule is CCNC(c1c(C)cc(C)cc1F)C1C2C3CCC(C3)C21. The number of hydrogen-bond donors (Lipinski definition) is 1. The zero-order chi connectivity index (χ0) is 14.7. The van der Waals surface area contributed by atoms with Crippen molar-refractivity contribution in [1.82, 2.24) is 5.32 Å². The number of benzene rings is 1. The Morgan fingerprint density at radius 2 is 1.86 bits per heavy atom. The minimum atomic E-state index is -0.00392. The van der Waals surface area contributed by atoms with Gasteiger partial charge in [-0.3, -0.25) is 0 Å². The summed E-state index contributed by atoms with van der Waals surface area (Å²) in [5.41, 5.74) is 3.09. The first-order valence-corrected chi connectivity index (χ1v) is 8.61. The third kappa shape index (κ3) is 1.98. The van der Waals surface area contributed by atoms with E-state index in [4.69, 9.17) is 0 Å². The van der Waals surface area contributed by atoms with Gasteiger partial charge in [-0.05, 0) is 86.4 Å². The van der Waals surface area contributed by atoms with Crippen LogP contribution >= 0.6 is 0 Å².